The molecule has 5 rings (SSSR count). The number of urea groups is 1. The SMILES string of the molecule is N=C(c1cccc(NC(=O)N(Cc2ccc(S(N)(=O)=O)cc2)c2ccccc2)c1)N1CCN(CC2CCCO2)CC1. The minimum Gasteiger partial charge on any atom is -0.377 e. The second-order valence-electron chi connectivity index (χ2n) is 10.4. The predicted molar refractivity (Wildman–Crippen MR) is 160 cm³/mol. The zero-order chi connectivity index (χ0) is 28.8. The zero-order valence-corrected chi connectivity index (χ0v) is 23.7. The summed E-state index contributed by atoms with van der Waals surface area (Å²) in [5, 5.41) is 17.0. The lowest BCUT2D eigenvalue weighted by atomic mass is 10.1. The van der Waals surface area contributed by atoms with E-state index >= 15 is 0 Å². The highest BCUT2D eigenvalue weighted by atomic mass is 32.2. The second-order valence-corrected chi connectivity index (χ2v) is 12.0. The van der Waals surface area contributed by atoms with Crippen LogP contribution in [-0.2, 0) is 21.3 Å². The van der Waals surface area contributed by atoms with Crippen molar-refractivity contribution in [1.82, 2.24) is 9.80 Å². The van der Waals surface area contributed by atoms with Gasteiger partial charge in [-0.05, 0) is 54.8 Å². The van der Waals surface area contributed by atoms with Crippen molar-refractivity contribution >= 4 is 33.3 Å². The smallest absolute Gasteiger partial charge is 0.326 e. The molecule has 216 valence electrons. The van der Waals surface area contributed by atoms with Gasteiger partial charge < -0.3 is 15.0 Å². The van der Waals surface area contributed by atoms with Crippen LogP contribution in [0.2, 0.25) is 0 Å². The van der Waals surface area contributed by atoms with E-state index in [1.165, 1.54) is 12.1 Å². The number of rotatable bonds is 8. The van der Waals surface area contributed by atoms with Crippen molar-refractivity contribution in [3.63, 3.8) is 0 Å². The van der Waals surface area contributed by atoms with Crippen LogP contribution in [0.1, 0.15) is 24.0 Å². The number of nitrogens with two attached hydrogens (primary N) is 1. The third kappa shape index (κ3) is 7.50. The number of nitrogens with zero attached hydrogens (tertiary/aromatic N) is 3. The first-order chi connectivity index (χ1) is 19.8. The monoisotopic (exact) mass is 576 g/mol. The molecule has 3 aromatic carbocycles. The van der Waals surface area contributed by atoms with Gasteiger partial charge >= 0.3 is 6.03 Å². The number of carbonyl (C=O) groups is 1. The highest BCUT2D eigenvalue weighted by Gasteiger charge is 2.24. The number of hydrogen-bond acceptors (Lipinski definition) is 6. The van der Waals surface area contributed by atoms with Gasteiger partial charge in [-0.2, -0.15) is 0 Å². The van der Waals surface area contributed by atoms with E-state index in [9.17, 15) is 13.2 Å². The van der Waals surface area contributed by atoms with E-state index in [2.05, 4.69) is 15.1 Å². The first kappa shape index (κ1) is 28.7. The van der Waals surface area contributed by atoms with Gasteiger partial charge in [-0.3, -0.25) is 15.2 Å². The summed E-state index contributed by atoms with van der Waals surface area (Å²) in [6, 6.07) is 22.4. The number of anilines is 2. The molecule has 1 atom stereocenters. The number of hydrogen-bond donors (Lipinski definition) is 3. The number of amides is 2. The molecule has 2 fully saturated rings. The van der Waals surface area contributed by atoms with Gasteiger partial charge in [0, 0.05) is 56.3 Å². The average Bonchev–Trinajstić information content (AvgIpc) is 3.49. The molecule has 10 nitrogen and oxygen atoms in total. The van der Waals surface area contributed by atoms with Crippen LogP contribution in [0.3, 0.4) is 0 Å². The molecule has 41 heavy (non-hydrogen) atoms. The van der Waals surface area contributed by atoms with E-state index in [-0.39, 0.29) is 17.5 Å². The Morgan fingerprint density at radius 1 is 1.00 bits per heavy atom. The molecule has 0 aromatic heterocycles. The van der Waals surface area contributed by atoms with Crippen LogP contribution in [0.5, 0.6) is 0 Å². The van der Waals surface area contributed by atoms with Crippen molar-refractivity contribution in [2.24, 2.45) is 5.14 Å². The van der Waals surface area contributed by atoms with Gasteiger partial charge in [0.1, 0.15) is 5.84 Å². The summed E-state index contributed by atoms with van der Waals surface area (Å²) in [5.41, 5.74) is 2.75. The molecule has 3 aromatic rings. The summed E-state index contributed by atoms with van der Waals surface area (Å²) in [7, 11) is -3.81. The second kappa shape index (κ2) is 12.8. The maximum Gasteiger partial charge on any atom is 0.326 e. The molecule has 2 saturated heterocycles. The Hall–Kier alpha value is -3.77. The van der Waals surface area contributed by atoms with Crippen LogP contribution in [-0.4, -0.2) is 75.5 Å². The molecule has 2 amide bonds. The summed E-state index contributed by atoms with van der Waals surface area (Å²) in [6.07, 6.45) is 2.60. The topological polar surface area (TPSA) is 132 Å². The summed E-state index contributed by atoms with van der Waals surface area (Å²) in [5.74, 6) is 0.438. The molecule has 0 bridgehead atoms. The van der Waals surface area contributed by atoms with Gasteiger partial charge in [-0.15, -0.1) is 0 Å². The van der Waals surface area contributed by atoms with Gasteiger partial charge in [-0.1, -0.05) is 42.5 Å². The fourth-order valence-electron chi connectivity index (χ4n) is 5.20. The predicted octanol–water partition coefficient (Wildman–Crippen LogP) is 3.69. The molecule has 0 saturated carbocycles. The van der Waals surface area contributed by atoms with Crippen LogP contribution >= 0.6 is 0 Å². The molecular formula is C30H36N6O4S. The number of ether oxygens (including phenoxy) is 1. The average molecular weight is 577 g/mol. The van der Waals surface area contributed by atoms with Crippen molar-refractivity contribution < 1.29 is 17.9 Å². The number of para-hydroxylation sites is 1. The Bertz CT molecular complexity index is 1450. The summed E-state index contributed by atoms with van der Waals surface area (Å²) in [4.78, 5) is 19.6. The number of amidine groups is 1. The first-order valence-electron chi connectivity index (χ1n) is 13.8. The van der Waals surface area contributed by atoms with Crippen LogP contribution in [0.4, 0.5) is 16.2 Å². The number of benzene rings is 3. The highest BCUT2D eigenvalue weighted by molar-refractivity contribution is 7.89. The molecule has 1 unspecified atom stereocenters. The van der Waals surface area contributed by atoms with E-state index in [1.54, 1.807) is 23.1 Å². The number of piperazine rings is 1. The van der Waals surface area contributed by atoms with Crippen molar-refractivity contribution in [3.05, 3.63) is 90.0 Å². The maximum atomic E-state index is 13.5. The van der Waals surface area contributed by atoms with E-state index < -0.39 is 10.0 Å². The lowest BCUT2D eigenvalue weighted by Gasteiger charge is -2.37. The van der Waals surface area contributed by atoms with E-state index in [4.69, 9.17) is 15.3 Å². The third-order valence-corrected chi connectivity index (χ3v) is 8.40. The Labute approximate surface area is 241 Å². The van der Waals surface area contributed by atoms with Gasteiger partial charge in [0.25, 0.3) is 0 Å². The van der Waals surface area contributed by atoms with Gasteiger partial charge in [0.15, 0.2) is 0 Å². The molecule has 0 radical (unpaired) electrons. The fourth-order valence-corrected chi connectivity index (χ4v) is 5.72. The number of carbonyl (C=O) groups excluding carboxylic acids is 1. The Morgan fingerprint density at radius 2 is 1.73 bits per heavy atom. The summed E-state index contributed by atoms with van der Waals surface area (Å²) >= 11 is 0. The highest BCUT2D eigenvalue weighted by Crippen LogP contribution is 2.21. The first-order valence-corrected chi connectivity index (χ1v) is 15.3. The lowest BCUT2D eigenvalue weighted by Crippen LogP contribution is -2.50. The summed E-state index contributed by atoms with van der Waals surface area (Å²) in [6.45, 7) is 5.36. The molecule has 2 heterocycles. The number of sulfonamides is 1. The van der Waals surface area contributed by atoms with Crippen molar-refractivity contribution in [2.45, 2.75) is 30.4 Å². The van der Waals surface area contributed by atoms with Gasteiger partial charge in [-0.25, -0.2) is 18.4 Å². The quantitative estimate of drug-likeness (QED) is 0.277. The van der Waals surface area contributed by atoms with Crippen LogP contribution in [0.25, 0.3) is 0 Å². The standard InChI is InChI=1S/C30H36N6O4S/c31-29(35-17-15-34(16-18-35)22-27-10-5-19-40-27)24-6-4-7-25(20-24)33-30(37)36(26-8-2-1-3-9-26)21-23-11-13-28(14-12-23)41(32,38)39/h1-4,6-9,11-14,20,27,31H,5,10,15-19,21-22H2,(H,33,37)(H2,32,38,39). The fraction of sp³-hybridized carbons (Fsp3) is 0.333. The molecule has 0 spiro atoms. The van der Waals surface area contributed by atoms with E-state index in [0.717, 1.165) is 63.3 Å². The van der Waals surface area contributed by atoms with Crippen LogP contribution in [0.15, 0.2) is 83.8 Å². The lowest BCUT2D eigenvalue weighted by molar-refractivity contribution is 0.0603. The van der Waals surface area contributed by atoms with Gasteiger partial charge in [0.2, 0.25) is 10.0 Å². The molecular weight excluding hydrogens is 540 g/mol. The number of primary sulfonamides is 1. The molecule has 2 aliphatic rings. The van der Waals surface area contributed by atoms with E-state index in [1.807, 2.05) is 48.5 Å². The molecule has 2 aliphatic heterocycles. The zero-order valence-electron chi connectivity index (χ0n) is 22.9. The Morgan fingerprint density at radius 3 is 2.39 bits per heavy atom. The largest absolute Gasteiger partial charge is 0.377 e. The molecule has 11 heteroatoms. The summed E-state index contributed by atoms with van der Waals surface area (Å²) < 4.78 is 29.0. The Balaban J connectivity index is 1.24. The van der Waals surface area contributed by atoms with Crippen molar-refractivity contribution in [2.75, 3.05) is 49.5 Å². The normalized spacial score (nSPS) is 17.8. The molecule has 0 aliphatic carbocycles. The minimum absolute atomic E-state index is 0.0143. The van der Waals surface area contributed by atoms with E-state index in [0.29, 0.717) is 23.3 Å². The maximum absolute atomic E-state index is 13.5. The third-order valence-electron chi connectivity index (χ3n) is 7.47. The Kier molecular flexibility index (Phi) is 8.99. The van der Waals surface area contributed by atoms with Crippen LogP contribution in [0, 0.1) is 5.41 Å². The molecule has 4 N–H and O–H groups in total. The number of nitrogens with one attached hydrogen (secondary N) is 2. The van der Waals surface area contributed by atoms with Crippen molar-refractivity contribution in [3.8, 4) is 0 Å². The van der Waals surface area contributed by atoms with Crippen LogP contribution < -0.4 is 15.4 Å². The van der Waals surface area contributed by atoms with Gasteiger partial charge in [0.05, 0.1) is 17.5 Å². The van der Waals surface area contributed by atoms with Crippen molar-refractivity contribution in [1.29, 1.82) is 5.41 Å². The minimum atomic E-state index is -3.81.